The van der Waals surface area contributed by atoms with Crippen molar-refractivity contribution in [2.45, 2.75) is 25.8 Å². The van der Waals surface area contributed by atoms with Crippen LogP contribution >= 0.6 is 0 Å². The lowest BCUT2D eigenvalue weighted by atomic mass is 9.95. The summed E-state index contributed by atoms with van der Waals surface area (Å²) in [7, 11) is 0. The fourth-order valence-electron chi connectivity index (χ4n) is 2.89. The first-order valence-corrected chi connectivity index (χ1v) is 6.98. The summed E-state index contributed by atoms with van der Waals surface area (Å²) in [5, 5.41) is 8.94. The van der Waals surface area contributed by atoms with Gasteiger partial charge in [0.25, 0.3) is 0 Å². The highest BCUT2D eigenvalue weighted by Gasteiger charge is 2.26. The largest absolute Gasteiger partial charge is 0.478 e. The lowest BCUT2D eigenvalue weighted by Gasteiger charge is -2.37. The number of carbonyl (C=O) groups is 1. The summed E-state index contributed by atoms with van der Waals surface area (Å²) in [5.74, 6) is -1.62. The number of hydrogen-bond donors (Lipinski definition) is 1. The molecule has 3 rings (SSSR count). The molecule has 21 heavy (non-hydrogen) atoms. The molecule has 0 saturated carbocycles. The molecule has 1 atom stereocenters. The van der Waals surface area contributed by atoms with Crippen LogP contribution in [0, 0.1) is 5.82 Å². The van der Waals surface area contributed by atoms with Gasteiger partial charge in [-0.05, 0) is 49.6 Å². The van der Waals surface area contributed by atoms with Crippen molar-refractivity contribution >= 4 is 17.3 Å². The van der Waals surface area contributed by atoms with Gasteiger partial charge in [0.2, 0.25) is 0 Å². The number of nitrogens with zero attached hydrogens (tertiary/aromatic N) is 1. The molecule has 1 unspecified atom stereocenters. The smallest absolute Gasteiger partial charge is 0.335 e. The standard InChI is InChI=1S/C17H16FNO2/c1-11-6-7-12-4-2-3-5-15(12)19(11)16-9-8-13(17(20)21)10-14(16)18/h2-5,8-11H,6-7H2,1H3,(H,20,21). The van der Waals surface area contributed by atoms with Gasteiger partial charge in [0.1, 0.15) is 5.82 Å². The van der Waals surface area contributed by atoms with Gasteiger partial charge in [-0.3, -0.25) is 0 Å². The molecule has 108 valence electrons. The molecule has 2 aromatic carbocycles. The zero-order valence-corrected chi connectivity index (χ0v) is 11.7. The van der Waals surface area contributed by atoms with Crippen LogP contribution in [-0.2, 0) is 6.42 Å². The third-order valence-electron chi connectivity index (χ3n) is 3.98. The van der Waals surface area contributed by atoms with Crippen molar-refractivity contribution in [3.8, 4) is 0 Å². The van der Waals surface area contributed by atoms with Gasteiger partial charge in [0.05, 0.1) is 11.3 Å². The molecule has 0 amide bonds. The molecule has 1 aliphatic rings. The summed E-state index contributed by atoms with van der Waals surface area (Å²) in [6, 6.07) is 12.2. The Morgan fingerprint density at radius 1 is 1.24 bits per heavy atom. The molecule has 4 heteroatoms. The Bertz CT molecular complexity index is 699. The fraction of sp³-hybridized carbons (Fsp3) is 0.235. The number of rotatable bonds is 2. The molecule has 0 radical (unpaired) electrons. The second-order valence-corrected chi connectivity index (χ2v) is 5.36. The van der Waals surface area contributed by atoms with E-state index in [2.05, 4.69) is 13.0 Å². The normalized spacial score (nSPS) is 17.4. The molecule has 0 fully saturated rings. The van der Waals surface area contributed by atoms with E-state index < -0.39 is 11.8 Å². The molecule has 1 aliphatic heterocycles. The lowest BCUT2D eigenvalue weighted by Crippen LogP contribution is -2.33. The van der Waals surface area contributed by atoms with Crippen LogP contribution in [0.2, 0.25) is 0 Å². The molecule has 0 saturated heterocycles. The van der Waals surface area contributed by atoms with E-state index in [0.29, 0.717) is 5.69 Å². The fourth-order valence-corrected chi connectivity index (χ4v) is 2.89. The van der Waals surface area contributed by atoms with Crippen molar-refractivity contribution in [1.29, 1.82) is 0 Å². The van der Waals surface area contributed by atoms with Crippen LogP contribution in [0.1, 0.15) is 29.3 Å². The van der Waals surface area contributed by atoms with Crippen LogP contribution in [0.15, 0.2) is 42.5 Å². The van der Waals surface area contributed by atoms with Crippen LogP contribution in [0.5, 0.6) is 0 Å². The van der Waals surface area contributed by atoms with E-state index in [4.69, 9.17) is 5.11 Å². The average Bonchev–Trinajstić information content (AvgIpc) is 2.48. The average molecular weight is 285 g/mol. The van der Waals surface area contributed by atoms with Gasteiger partial charge in [0.15, 0.2) is 0 Å². The third kappa shape index (κ3) is 2.37. The minimum absolute atomic E-state index is 0.0332. The van der Waals surface area contributed by atoms with Crippen molar-refractivity contribution in [2.24, 2.45) is 0 Å². The van der Waals surface area contributed by atoms with Crippen LogP contribution in [-0.4, -0.2) is 17.1 Å². The minimum atomic E-state index is -1.12. The van der Waals surface area contributed by atoms with Crippen molar-refractivity contribution in [3.63, 3.8) is 0 Å². The number of benzene rings is 2. The third-order valence-corrected chi connectivity index (χ3v) is 3.98. The number of carboxylic acid groups (broad SMARTS) is 1. The molecule has 1 N–H and O–H groups in total. The van der Waals surface area contributed by atoms with Gasteiger partial charge in [-0.2, -0.15) is 0 Å². The van der Waals surface area contributed by atoms with Crippen LogP contribution in [0.3, 0.4) is 0 Å². The predicted octanol–water partition coefficient (Wildman–Crippen LogP) is 4.00. The Kier molecular flexibility index (Phi) is 3.37. The SMILES string of the molecule is CC1CCc2ccccc2N1c1ccc(C(=O)O)cc1F. The molecular weight excluding hydrogens is 269 g/mol. The van der Waals surface area contributed by atoms with Crippen molar-refractivity contribution in [2.75, 3.05) is 4.90 Å². The summed E-state index contributed by atoms with van der Waals surface area (Å²) in [5.41, 5.74) is 2.59. The van der Waals surface area contributed by atoms with E-state index in [0.717, 1.165) is 24.6 Å². The Morgan fingerprint density at radius 2 is 2.00 bits per heavy atom. The number of para-hydroxylation sites is 1. The summed E-state index contributed by atoms with van der Waals surface area (Å²) in [6.45, 7) is 2.06. The Morgan fingerprint density at radius 3 is 2.71 bits per heavy atom. The summed E-state index contributed by atoms with van der Waals surface area (Å²) >= 11 is 0. The zero-order valence-electron chi connectivity index (χ0n) is 11.7. The maximum atomic E-state index is 14.4. The van der Waals surface area contributed by atoms with E-state index in [1.165, 1.54) is 11.6 Å². The van der Waals surface area contributed by atoms with E-state index in [1.54, 1.807) is 6.07 Å². The lowest BCUT2D eigenvalue weighted by molar-refractivity contribution is 0.0696. The van der Waals surface area contributed by atoms with Crippen molar-refractivity contribution in [1.82, 2.24) is 0 Å². The van der Waals surface area contributed by atoms with Crippen LogP contribution in [0.4, 0.5) is 15.8 Å². The molecule has 0 aliphatic carbocycles. The maximum Gasteiger partial charge on any atom is 0.335 e. The van der Waals surface area contributed by atoms with E-state index in [-0.39, 0.29) is 11.6 Å². The van der Waals surface area contributed by atoms with Crippen LogP contribution in [0.25, 0.3) is 0 Å². The number of halogens is 1. The van der Waals surface area contributed by atoms with E-state index >= 15 is 0 Å². The summed E-state index contributed by atoms with van der Waals surface area (Å²) in [4.78, 5) is 12.9. The first kappa shape index (κ1) is 13.6. The minimum Gasteiger partial charge on any atom is -0.478 e. The number of hydrogen-bond acceptors (Lipinski definition) is 2. The number of carboxylic acids is 1. The van der Waals surface area contributed by atoms with Gasteiger partial charge >= 0.3 is 5.97 Å². The molecule has 3 nitrogen and oxygen atoms in total. The number of aryl methyl sites for hydroxylation is 1. The highest BCUT2D eigenvalue weighted by Crippen LogP contribution is 2.37. The van der Waals surface area contributed by atoms with Crippen LogP contribution < -0.4 is 4.90 Å². The van der Waals surface area contributed by atoms with Gasteiger partial charge in [-0.25, -0.2) is 9.18 Å². The van der Waals surface area contributed by atoms with Crippen molar-refractivity contribution < 1.29 is 14.3 Å². The Balaban J connectivity index is 2.09. The number of aromatic carboxylic acids is 1. The van der Waals surface area contributed by atoms with E-state index in [9.17, 15) is 9.18 Å². The van der Waals surface area contributed by atoms with E-state index in [1.807, 2.05) is 23.1 Å². The maximum absolute atomic E-state index is 14.4. The zero-order chi connectivity index (χ0) is 15.0. The molecule has 0 spiro atoms. The highest BCUT2D eigenvalue weighted by molar-refractivity contribution is 5.88. The highest BCUT2D eigenvalue weighted by atomic mass is 19.1. The van der Waals surface area contributed by atoms with Gasteiger partial charge in [-0.15, -0.1) is 0 Å². The monoisotopic (exact) mass is 285 g/mol. The molecule has 2 aromatic rings. The quantitative estimate of drug-likeness (QED) is 0.906. The second-order valence-electron chi connectivity index (χ2n) is 5.36. The second kappa shape index (κ2) is 5.20. The summed E-state index contributed by atoms with van der Waals surface area (Å²) in [6.07, 6.45) is 1.92. The summed E-state index contributed by atoms with van der Waals surface area (Å²) < 4.78 is 14.4. The number of fused-ring (bicyclic) bond motifs is 1. The molecule has 1 heterocycles. The predicted molar refractivity (Wildman–Crippen MR) is 79.7 cm³/mol. The van der Waals surface area contributed by atoms with Gasteiger partial charge in [-0.1, -0.05) is 18.2 Å². The first-order valence-electron chi connectivity index (χ1n) is 6.98. The van der Waals surface area contributed by atoms with Crippen molar-refractivity contribution in [3.05, 3.63) is 59.4 Å². The molecule has 0 aromatic heterocycles. The number of anilines is 2. The molecule has 0 bridgehead atoms. The Hall–Kier alpha value is -2.36. The first-order chi connectivity index (χ1) is 10.1. The molecular formula is C17H16FNO2. The topological polar surface area (TPSA) is 40.5 Å². The Labute approximate surface area is 122 Å². The van der Waals surface area contributed by atoms with Gasteiger partial charge in [0, 0.05) is 11.7 Å². The van der Waals surface area contributed by atoms with Gasteiger partial charge < -0.3 is 10.0 Å².